The predicted molar refractivity (Wildman–Crippen MR) is 74.0 cm³/mol. The molecule has 1 saturated heterocycles. The molecular formula is C15H21NO4. The number of fused-ring (bicyclic) bond motifs is 1. The van der Waals surface area contributed by atoms with Crippen LogP contribution in [0, 0.1) is 0 Å². The molecule has 0 radical (unpaired) electrons. The first kappa shape index (κ1) is 13.7. The maximum absolute atomic E-state index is 5.63. The Balaban J connectivity index is 1.54. The van der Waals surface area contributed by atoms with Crippen LogP contribution in [0.25, 0.3) is 0 Å². The van der Waals surface area contributed by atoms with E-state index in [2.05, 4.69) is 11.4 Å². The van der Waals surface area contributed by atoms with Crippen molar-refractivity contribution in [2.75, 3.05) is 26.4 Å². The second-order valence-corrected chi connectivity index (χ2v) is 5.58. The first-order valence-corrected chi connectivity index (χ1v) is 7.02. The van der Waals surface area contributed by atoms with E-state index in [0.29, 0.717) is 26.4 Å². The lowest BCUT2D eigenvalue weighted by Gasteiger charge is -2.35. The molecule has 1 fully saturated rings. The fourth-order valence-electron chi connectivity index (χ4n) is 2.27. The molecule has 1 aromatic rings. The Kier molecular flexibility index (Phi) is 3.83. The minimum Gasteiger partial charge on any atom is -0.486 e. The van der Waals surface area contributed by atoms with Crippen LogP contribution < -0.4 is 14.8 Å². The van der Waals surface area contributed by atoms with Gasteiger partial charge in [0.1, 0.15) is 13.2 Å². The van der Waals surface area contributed by atoms with Gasteiger partial charge in [0.2, 0.25) is 0 Å². The van der Waals surface area contributed by atoms with E-state index in [1.165, 1.54) is 5.56 Å². The van der Waals surface area contributed by atoms with E-state index in [1.54, 1.807) is 0 Å². The summed E-state index contributed by atoms with van der Waals surface area (Å²) < 4.78 is 22.3. The lowest BCUT2D eigenvalue weighted by atomic mass is 10.1. The first-order chi connectivity index (χ1) is 9.62. The molecule has 3 rings (SSSR count). The molecule has 0 spiro atoms. The van der Waals surface area contributed by atoms with E-state index in [1.807, 2.05) is 26.0 Å². The Morgan fingerprint density at radius 1 is 1.10 bits per heavy atom. The second kappa shape index (κ2) is 5.60. The molecule has 110 valence electrons. The SMILES string of the molecule is CC1(C)OCC(NCc2ccc3c(c2)OCCO3)CO1. The number of nitrogens with one attached hydrogen (secondary N) is 1. The average molecular weight is 279 g/mol. The second-order valence-electron chi connectivity index (χ2n) is 5.58. The highest BCUT2D eigenvalue weighted by molar-refractivity contribution is 5.43. The summed E-state index contributed by atoms with van der Waals surface area (Å²) in [5.41, 5.74) is 1.17. The third kappa shape index (κ3) is 3.23. The fraction of sp³-hybridized carbons (Fsp3) is 0.600. The molecule has 0 unspecified atom stereocenters. The standard InChI is InChI=1S/C15H21NO4/c1-15(2)19-9-12(10-20-15)16-8-11-3-4-13-14(7-11)18-6-5-17-13/h3-4,7,12,16H,5-6,8-10H2,1-2H3. The highest BCUT2D eigenvalue weighted by Gasteiger charge is 2.27. The minimum atomic E-state index is -0.463. The Bertz CT molecular complexity index is 465. The number of rotatable bonds is 3. The first-order valence-electron chi connectivity index (χ1n) is 7.02. The monoisotopic (exact) mass is 279 g/mol. The number of ether oxygens (including phenoxy) is 4. The Hall–Kier alpha value is -1.30. The van der Waals surface area contributed by atoms with Crippen molar-refractivity contribution in [2.45, 2.75) is 32.2 Å². The molecule has 2 aliphatic heterocycles. The molecule has 0 saturated carbocycles. The Labute approximate surface area is 119 Å². The van der Waals surface area contributed by atoms with Gasteiger partial charge in [0.15, 0.2) is 17.3 Å². The van der Waals surface area contributed by atoms with Crippen LogP contribution in [0.4, 0.5) is 0 Å². The van der Waals surface area contributed by atoms with Crippen molar-refractivity contribution in [3.63, 3.8) is 0 Å². The van der Waals surface area contributed by atoms with Gasteiger partial charge < -0.3 is 24.3 Å². The smallest absolute Gasteiger partial charge is 0.162 e. The van der Waals surface area contributed by atoms with Crippen LogP contribution in [0.15, 0.2) is 18.2 Å². The van der Waals surface area contributed by atoms with Crippen molar-refractivity contribution in [3.8, 4) is 11.5 Å². The van der Waals surface area contributed by atoms with Gasteiger partial charge in [0.25, 0.3) is 0 Å². The molecule has 1 aromatic carbocycles. The fourth-order valence-corrected chi connectivity index (χ4v) is 2.27. The molecule has 5 heteroatoms. The summed E-state index contributed by atoms with van der Waals surface area (Å²) in [5.74, 6) is 1.19. The van der Waals surface area contributed by atoms with Crippen LogP contribution in [-0.2, 0) is 16.0 Å². The van der Waals surface area contributed by atoms with Crippen molar-refractivity contribution in [2.24, 2.45) is 0 Å². The van der Waals surface area contributed by atoms with Gasteiger partial charge in [0, 0.05) is 6.54 Å². The number of benzene rings is 1. The molecule has 0 bridgehead atoms. The van der Waals surface area contributed by atoms with Gasteiger partial charge in [-0.05, 0) is 31.5 Å². The predicted octanol–water partition coefficient (Wildman–Crippen LogP) is 1.70. The van der Waals surface area contributed by atoms with E-state index in [4.69, 9.17) is 18.9 Å². The van der Waals surface area contributed by atoms with Gasteiger partial charge in [-0.1, -0.05) is 6.07 Å². The van der Waals surface area contributed by atoms with Gasteiger partial charge in [-0.2, -0.15) is 0 Å². The molecule has 5 nitrogen and oxygen atoms in total. The van der Waals surface area contributed by atoms with Crippen molar-refractivity contribution >= 4 is 0 Å². The maximum Gasteiger partial charge on any atom is 0.162 e. The quantitative estimate of drug-likeness (QED) is 0.912. The molecule has 0 aliphatic carbocycles. The molecule has 0 amide bonds. The van der Waals surface area contributed by atoms with Crippen molar-refractivity contribution in [1.82, 2.24) is 5.32 Å². The highest BCUT2D eigenvalue weighted by atomic mass is 16.7. The van der Waals surface area contributed by atoms with Crippen molar-refractivity contribution in [3.05, 3.63) is 23.8 Å². The van der Waals surface area contributed by atoms with Gasteiger partial charge in [-0.3, -0.25) is 0 Å². The summed E-state index contributed by atoms with van der Waals surface area (Å²) in [4.78, 5) is 0. The third-order valence-corrected chi connectivity index (χ3v) is 3.47. The van der Waals surface area contributed by atoms with Crippen LogP contribution >= 0.6 is 0 Å². The molecular weight excluding hydrogens is 258 g/mol. The minimum absolute atomic E-state index is 0.219. The zero-order valence-electron chi connectivity index (χ0n) is 12.0. The lowest BCUT2D eigenvalue weighted by Crippen LogP contribution is -2.48. The van der Waals surface area contributed by atoms with Crippen LogP contribution in [0.2, 0.25) is 0 Å². The van der Waals surface area contributed by atoms with Crippen LogP contribution in [-0.4, -0.2) is 38.3 Å². The summed E-state index contributed by atoms with van der Waals surface area (Å²) in [6.07, 6.45) is 0. The van der Waals surface area contributed by atoms with E-state index in [0.717, 1.165) is 18.0 Å². The van der Waals surface area contributed by atoms with Crippen molar-refractivity contribution < 1.29 is 18.9 Å². The number of hydrogen-bond acceptors (Lipinski definition) is 5. The summed E-state index contributed by atoms with van der Waals surface area (Å²) in [5, 5.41) is 3.44. The normalized spacial score (nSPS) is 21.7. The van der Waals surface area contributed by atoms with Crippen LogP contribution in [0.1, 0.15) is 19.4 Å². The maximum atomic E-state index is 5.63. The van der Waals surface area contributed by atoms with E-state index >= 15 is 0 Å². The topological polar surface area (TPSA) is 49.0 Å². The van der Waals surface area contributed by atoms with Crippen LogP contribution in [0.3, 0.4) is 0 Å². The zero-order chi connectivity index (χ0) is 14.0. The Morgan fingerprint density at radius 3 is 2.55 bits per heavy atom. The van der Waals surface area contributed by atoms with E-state index in [-0.39, 0.29) is 6.04 Å². The molecule has 1 N–H and O–H groups in total. The zero-order valence-corrected chi connectivity index (χ0v) is 12.0. The summed E-state index contributed by atoms with van der Waals surface area (Å²) in [7, 11) is 0. The third-order valence-electron chi connectivity index (χ3n) is 3.47. The lowest BCUT2D eigenvalue weighted by molar-refractivity contribution is -0.253. The molecule has 2 aliphatic rings. The van der Waals surface area contributed by atoms with Gasteiger partial charge in [-0.15, -0.1) is 0 Å². The van der Waals surface area contributed by atoms with Gasteiger partial charge >= 0.3 is 0 Å². The molecule has 2 heterocycles. The van der Waals surface area contributed by atoms with Crippen molar-refractivity contribution in [1.29, 1.82) is 0 Å². The molecule has 0 atom stereocenters. The molecule has 20 heavy (non-hydrogen) atoms. The summed E-state index contributed by atoms with van der Waals surface area (Å²) in [6, 6.07) is 6.25. The van der Waals surface area contributed by atoms with Gasteiger partial charge in [-0.25, -0.2) is 0 Å². The van der Waals surface area contributed by atoms with E-state index in [9.17, 15) is 0 Å². The van der Waals surface area contributed by atoms with Gasteiger partial charge in [0.05, 0.1) is 19.3 Å². The van der Waals surface area contributed by atoms with E-state index < -0.39 is 5.79 Å². The summed E-state index contributed by atoms with van der Waals surface area (Å²) in [6.45, 7) is 7.19. The van der Waals surface area contributed by atoms with Crippen LogP contribution in [0.5, 0.6) is 11.5 Å². The molecule has 0 aromatic heterocycles. The summed E-state index contributed by atoms with van der Waals surface area (Å²) >= 11 is 0. The number of hydrogen-bond donors (Lipinski definition) is 1. The largest absolute Gasteiger partial charge is 0.486 e. The Morgan fingerprint density at radius 2 is 1.80 bits per heavy atom. The average Bonchev–Trinajstić information content (AvgIpc) is 2.46. The highest BCUT2D eigenvalue weighted by Crippen LogP contribution is 2.30.